The number of nitrogens with zero attached hydrogens (tertiary/aromatic N) is 1. The lowest BCUT2D eigenvalue weighted by Crippen LogP contribution is -2.38. The van der Waals surface area contributed by atoms with Gasteiger partial charge in [-0.2, -0.15) is 0 Å². The van der Waals surface area contributed by atoms with Crippen molar-refractivity contribution < 1.29 is 5.11 Å². The Balaban J connectivity index is 2.37. The van der Waals surface area contributed by atoms with E-state index < -0.39 is 0 Å². The number of benzene rings is 1. The molecule has 1 unspecified atom stereocenters. The summed E-state index contributed by atoms with van der Waals surface area (Å²) >= 11 is 3.53. The number of likely N-dealkylation sites (N-methyl/N-ethyl adjacent to an activating group) is 1. The summed E-state index contributed by atoms with van der Waals surface area (Å²) in [6.45, 7) is 1.70. The maximum absolute atomic E-state index is 8.85. The third-order valence-corrected chi connectivity index (χ3v) is 3.28. The van der Waals surface area contributed by atoms with Crippen molar-refractivity contribution in [3.63, 3.8) is 0 Å². The SMILES string of the molecule is CN(CCc1ccccc1Br)CC(N)CO. The van der Waals surface area contributed by atoms with Gasteiger partial charge in [0.05, 0.1) is 6.61 Å². The maximum atomic E-state index is 8.85. The van der Waals surface area contributed by atoms with E-state index in [-0.39, 0.29) is 12.6 Å². The summed E-state index contributed by atoms with van der Waals surface area (Å²) in [7, 11) is 2.02. The molecule has 0 aliphatic rings. The van der Waals surface area contributed by atoms with Crippen LogP contribution in [0.15, 0.2) is 28.7 Å². The van der Waals surface area contributed by atoms with Gasteiger partial charge in [-0.3, -0.25) is 0 Å². The summed E-state index contributed by atoms with van der Waals surface area (Å²) in [4.78, 5) is 2.14. The smallest absolute Gasteiger partial charge is 0.0595 e. The minimum atomic E-state index is -0.149. The number of nitrogens with two attached hydrogens (primary N) is 1. The Morgan fingerprint density at radius 2 is 2.12 bits per heavy atom. The van der Waals surface area contributed by atoms with E-state index in [1.807, 2.05) is 19.2 Å². The van der Waals surface area contributed by atoms with Crippen LogP contribution in [0.4, 0.5) is 0 Å². The largest absolute Gasteiger partial charge is 0.395 e. The van der Waals surface area contributed by atoms with Gasteiger partial charge in [0.25, 0.3) is 0 Å². The second kappa shape index (κ2) is 7.01. The lowest BCUT2D eigenvalue weighted by atomic mass is 10.1. The van der Waals surface area contributed by atoms with Crippen molar-refractivity contribution in [2.45, 2.75) is 12.5 Å². The van der Waals surface area contributed by atoms with Crippen LogP contribution in [0.5, 0.6) is 0 Å². The molecule has 0 radical (unpaired) electrons. The molecule has 3 nitrogen and oxygen atoms in total. The highest BCUT2D eigenvalue weighted by molar-refractivity contribution is 9.10. The predicted molar refractivity (Wildman–Crippen MR) is 70.4 cm³/mol. The first-order valence-corrected chi connectivity index (χ1v) is 6.21. The van der Waals surface area contributed by atoms with Gasteiger partial charge in [0.15, 0.2) is 0 Å². The average molecular weight is 287 g/mol. The van der Waals surface area contributed by atoms with E-state index in [0.29, 0.717) is 0 Å². The second-order valence-electron chi connectivity index (χ2n) is 4.05. The van der Waals surface area contributed by atoms with Crippen LogP contribution in [0.25, 0.3) is 0 Å². The Labute approximate surface area is 105 Å². The Morgan fingerprint density at radius 3 is 2.75 bits per heavy atom. The van der Waals surface area contributed by atoms with Crippen LogP contribution < -0.4 is 5.73 Å². The van der Waals surface area contributed by atoms with Gasteiger partial charge in [0, 0.05) is 23.6 Å². The zero-order chi connectivity index (χ0) is 12.0. The molecule has 0 aliphatic carbocycles. The van der Waals surface area contributed by atoms with Crippen LogP contribution in [-0.2, 0) is 6.42 Å². The summed E-state index contributed by atoms with van der Waals surface area (Å²) in [6, 6.07) is 8.07. The molecule has 1 atom stereocenters. The minimum absolute atomic E-state index is 0.0410. The zero-order valence-corrected chi connectivity index (χ0v) is 11.2. The van der Waals surface area contributed by atoms with E-state index in [1.165, 1.54) is 5.56 Å². The van der Waals surface area contributed by atoms with E-state index >= 15 is 0 Å². The highest BCUT2D eigenvalue weighted by Crippen LogP contribution is 2.16. The van der Waals surface area contributed by atoms with Crippen molar-refractivity contribution in [2.24, 2.45) is 5.73 Å². The van der Waals surface area contributed by atoms with Crippen molar-refractivity contribution in [1.82, 2.24) is 4.90 Å². The highest BCUT2D eigenvalue weighted by atomic mass is 79.9. The molecule has 90 valence electrons. The number of hydrogen-bond acceptors (Lipinski definition) is 3. The Morgan fingerprint density at radius 1 is 1.44 bits per heavy atom. The molecular weight excluding hydrogens is 268 g/mol. The van der Waals surface area contributed by atoms with Crippen molar-refractivity contribution >= 4 is 15.9 Å². The molecule has 0 bridgehead atoms. The van der Waals surface area contributed by atoms with Crippen molar-refractivity contribution in [3.05, 3.63) is 34.3 Å². The molecule has 0 aliphatic heterocycles. The number of rotatable bonds is 6. The maximum Gasteiger partial charge on any atom is 0.0595 e. The third kappa shape index (κ3) is 4.61. The van der Waals surface area contributed by atoms with Crippen LogP contribution in [0, 0.1) is 0 Å². The standard InChI is InChI=1S/C12H19BrN2O/c1-15(8-11(14)9-16)7-6-10-4-2-3-5-12(10)13/h2-5,11,16H,6-9,14H2,1H3. The zero-order valence-electron chi connectivity index (χ0n) is 9.56. The van der Waals surface area contributed by atoms with Gasteiger partial charge in [-0.1, -0.05) is 34.1 Å². The molecule has 0 saturated carbocycles. The Hall–Kier alpha value is -0.420. The molecule has 1 aromatic carbocycles. The summed E-state index contributed by atoms with van der Waals surface area (Å²) < 4.78 is 1.15. The first kappa shape index (κ1) is 13.6. The lowest BCUT2D eigenvalue weighted by molar-refractivity contribution is 0.222. The van der Waals surface area contributed by atoms with Gasteiger partial charge < -0.3 is 15.7 Å². The summed E-state index contributed by atoms with van der Waals surface area (Å²) in [6.07, 6.45) is 0.982. The molecular formula is C12H19BrN2O. The van der Waals surface area contributed by atoms with Gasteiger partial charge in [0.1, 0.15) is 0 Å². The van der Waals surface area contributed by atoms with Crippen molar-refractivity contribution in [3.8, 4) is 0 Å². The topological polar surface area (TPSA) is 49.5 Å². The van der Waals surface area contributed by atoms with Gasteiger partial charge in [-0.25, -0.2) is 0 Å². The number of hydrogen-bond donors (Lipinski definition) is 2. The molecule has 0 aromatic heterocycles. The van der Waals surface area contributed by atoms with Gasteiger partial charge in [-0.15, -0.1) is 0 Å². The first-order chi connectivity index (χ1) is 7.63. The fourth-order valence-electron chi connectivity index (χ4n) is 1.56. The normalized spacial score (nSPS) is 13.1. The average Bonchev–Trinajstić information content (AvgIpc) is 2.28. The van der Waals surface area contributed by atoms with Gasteiger partial charge in [-0.05, 0) is 25.1 Å². The third-order valence-electron chi connectivity index (χ3n) is 2.50. The fourth-order valence-corrected chi connectivity index (χ4v) is 2.04. The minimum Gasteiger partial charge on any atom is -0.395 e. The van der Waals surface area contributed by atoms with E-state index in [0.717, 1.165) is 24.0 Å². The van der Waals surface area contributed by atoms with E-state index in [4.69, 9.17) is 10.8 Å². The number of aliphatic hydroxyl groups is 1. The molecule has 16 heavy (non-hydrogen) atoms. The van der Waals surface area contributed by atoms with E-state index in [2.05, 4.69) is 33.0 Å². The molecule has 1 aromatic rings. The molecule has 1 rings (SSSR count). The summed E-state index contributed by atoms with van der Waals surface area (Å²) in [5.41, 5.74) is 6.97. The molecule has 0 amide bonds. The summed E-state index contributed by atoms with van der Waals surface area (Å²) in [5, 5.41) is 8.85. The fraction of sp³-hybridized carbons (Fsp3) is 0.500. The number of halogens is 1. The lowest BCUT2D eigenvalue weighted by Gasteiger charge is -2.20. The van der Waals surface area contributed by atoms with Crippen LogP contribution in [0.2, 0.25) is 0 Å². The quantitative estimate of drug-likeness (QED) is 0.827. The molecule has 0 saturated heterocycles. The van der Waals surface area contributed by atoms with Crippen LogP contribution >= 0.6 is 15.9 Å². The first-order valence-electron chi connectivity index (χ1n) is 5.42. The van der Waals surface area contributed by atoms with E-state index in [9.17, 15) is 0 Å². The van der Waals surface area contributed by atoms with Gasteiger partial charge in [0.2, 0.25) is 0 Å². The molecule has 0 fully saturated rings. The summed E-state index contributed by atoms with van der Waals surface area (Å²) in [5.74, 6) is 0. The number of aliphatic hydroxyl groups excluding tert-OH is 1. The van der Waals surface area contributed by atoms with Crippen LogP contribution in [-0.4, -0.2) is 42.8 Å². The Bertz CT molecular complexity index is 320. The van der Waals surface area contributed by atoms with Crippen LogP contribution in [0.1, 0.15) is 5.56 Å². The Kier molecular flexibility index (Phi) is 5.98. The monoisotopic (exact) mass is 286 g/mol. The van der Waals surface area contributed by atoms with E-state index in [1.54, 1.807) is 0 Å². The highest BCUT2D eigenvalue weighted by Gasteiger charge is 2.06. The van der Waals surface area contributed by atoms with Crippen molar-refractivity contribution in [2.75, 3.05) is 26.7 Å². The van der Waals surface area contributed by atoms with Crippen LogP contribution in [0.3, 0.4) is 0 Å². The molecule has 4 heteroatoms. The predicted octanol–water partition coefficient (Wildman–Crippen LogP) is 1.24. The molecule has 0 spiro atoms. The molecule has 3 N–H and O–H groups in total. The van der Waals surface area contributed by atoms with Crippen molar-refractivity contribution in [1.29, 1.82) is 0 Å². The molecule has 0 heterocycles. The second-order valence-corrected chi connectivity index (χ2v) is 4.90. The van der Waals surface area contributed by atoms with Gasteiger partial charge >= 0.3 is 0 Å².